The zero-order valence-electron chi connectivity index (χ0n) is 15.6. The summed E-state index contributed by atoms with van der Waals surface area (Å²) in [5.41, 5.74) is 3.32. The fourth-order valence-electron chi connectivity index (χ4n) is 2.95. The van der Waals surface area contributed by atoms with Crippen molar-refractivity contribution in [3.05, 3.63) is 63.0 Å². The minimum absolute atomic E-state index is 0.269. The first-order valence-electron chi connectivity index (χ1n) is 8.54. The average molecular weight is 402 g/mol. The summed E-state index contributed by atoms with van der Waals surface area (Å²) in [6.45, 7) is 6.13. The Kier molecular flexibility index (Phi) is 5.63. The number of hydrogen-bond donors (Lipinski definition) is 0. The Labute approximate surface area is 168 Å². The summed E-state index contributed by atoms with van der Waals surface area (Å²) in [5, 5.41) is 0.0124. The Morgan fingerprint density at radius 2 is 1.89 bits per heavy atom. The van der Waals surface area contributed by atoms with Crippen molar-refractivity contribution in [3.63, 3.8) is 0 Å². The molecule has 1 heterocycles. The summed E-state index contributed by atoms with van der Waals surface area (Å²) >= 11 is 7.09. The molecule has 6 heteroatoms. The van der Waals surface area contributed by atoms with E-state index in [-0.39, 0.29) is 17.1 Å². The third kappa shape index (κ3) is 3.75. The Hall–Kier alpha value is -2.24. The zero-order chi connectivity index (χ0) is 19.7. The Bertz CT molecular complexity index is 952. The summed E-state index contributed by atoms with van der Waals surface area (Å²) in [7, 11) is 1.65. The van der Waals surface area contributed by atoms with Crippen LogP contribution < -0.4 is 9.64 Å². The molecule has 2 aromatic carbocycles. The number of amides is 2. The fourth-order valence-corrected chi connectivity index (χ4v) is 3.99. The van der Waals surface area contributed by atoms with Gasteiger partial charge >= 0.3 is 0 Å². The van der Waals surface area contributed by atoms with Crippen LogP contribution in [0.1, 0.15) is 36.5 Å². The number of aryl methyl sites for hydroxylation is 1. The highest BCUT2D eigenvalue weighted by Crippen LogP contribution is 2.39. The van der Waals surface area contributed by atoms with Gasteiger partial charge in [0, 0.05) is 0 Å². The molecule has 1 saturated heterocycles. The number of hydrogen-bond acceptors (Lipinski definition) is 4. The summed E-state index contributed by atoms with van der Waals surface area (Å²) in [5.74, 6) is 0.731. The maximum Gasteiger partial charge on any atom is 0.298 e. The number of nitrogens with zero attached hydrogens (tertiary/aromatic N) is 1. The van der Waals surface area contributed by atoms with Crippen LogP contribution in [0.3, 0.4) is 0 Å². The molecule has 0 aromatic heterocycles. The molecule has 0 radical (unpaired) electrons. The van der Waals surface area contributed by atoms with Crippen LogP contribution in [0, 0.1) is 6.92 Å². The van der Waals surface area contributed by atoms with Crippen molar-refractivity contribution in [2.75, 3.05) is 12.0 Å². The molecule has 0 aliphatic carbocycles. The van der Waals surface area contributed by atoms with Crippen LogP contribution in [0.5, 0.6) is 5.75 Å². The van der Waals surface area contributed by atoms with Gasteiger partial charge in [-0.25, -0.2) is 4.90 Å². The quantitative estimate of drug-likeness (QED) is 0.587. The van der Waals surface area contributed by atoms with Gasteiger partial charge in [0.25, 0.3) is 11.1 Å². The van der Waals surface area contributed by atoms with Crippen molar-refractivity contribution in [1.29, 1.82) is 0 Å². The summed E-state index contributed by atoms with van der Waals surface area (Å²) < 4.78 is 5.47. The number of rotatable bonds is 4. The van der Waals surface area contributed by atoms with Crippen LogP contribution in [-0.2, 0) is 4.79 Å². The number of anilines is 1. The molecule has 2 amide bonds. The van der Waals surface area contributed by atoms with E-state index in [4.69, 9.17) is 16.3 Å². The smallest absolute Gasteiger partial charge is 0.298 e. The van der Waals surface area contributed by atoms with Crippen LogP contribution in [0.15, 0.2) is 41.3 Å². The van der Waals surface area contributed by atoms with Gasteiger partial charge in [0.15, 0.2) is 0 Å². The Morgan fingerprint density at radius 3 is 2.52 bits per heavy atom. The number of thioether (sulfide) groups is 1. The van der Waals surface area contributed by atoms with Crippen LogP contribution in [-0.4, -0.2) is 18.3 Å². The van der Waals surface area contributed by atoms with E-state index in [2.05, 4.69) is 13.8 Å². The SMILES string of the molecule is COc1cc(C)c(/C=C2\SC(=O)N(c3ccccc3Cl)C2=O)cc1C(C)C. The van der Waals surface area contributed by atoms with Crippen molar-refractivity contribution >= 4 is 46.3 Å². The molecule has 0 atom stereocenters. The molecule has 2 aromatic rings. The summed E-state index contributed by atoms with van der Waals surface area (Å²) in [6.07, 6.45) is 1.77. The Morgan fingerprint density at radius 1 is 1.19 bits per heavy atom. The second kappa shape index (κ2) is 7.79. The van der Waals surface area contributed by atoms with Gasteiger partial charge in [-0.15, -0.1) is 0 Å². The van der Waals surface area contributed by atoms with Crippen LogP contribution in [0.25, 0.3) is 6.08 Å². The highest BCUT2D eigenvalue weighted by molar-refractivity contribution is 8.19. The van der Waals surface area contributed by atoms with Crippen LogP contribution in [0.4, 0.5) is 10.5 Å². The minimum Gasteiger partial charge on any atom is -0.496 e. The third-order valence-corrected chi connectivity index (χ3v) is 5.60. The molecule has 0 saturated carbocycles. The van der Waals surface area contributed by atoms with Gasteiger partial charge in [-0.1, -0.05) is 37.6 Å². The number of carbonyl (C=O) groups excluding carboxylic acids is 2. The van der Waals surface area contributed by atoms with E-state index >= 15 is 0 Å². The lowest BCUT2D eigenvalue weighted by molar-refractivity contribution is -0.113. The van der Waals surface area contributed by atoms with E-state index < -0.39 is 0 Å². The van der Waals surface area contributed by atoms with E-state index in [1.54, 1.807) is 37.5 Å². The number of methoxy groups -OCH3 is 1. The molecular weight excluding hydrogens is 382 g/mol. The van der Waals surface area contributed by atoms with Gasteiger partial charge in [0.05, 0.1) is 22.7 Å². The second-order valence-electron chi connectivity index (χ2n) is 6.57. The van der Waals surface area contributed by atoms with Gasteiger partial charge in [-0.05, 0) is 71.6 Å². The normalized spacial score (nSPS) is 15.9. The molecule has 1 aliphatic rings. The lowest BCUT2D eigenvalue weighted by Crippen LogP contribution is -2.27. The maximum atomic E-state index is 12.9. The van der Waals surface area contributed by atoms with Crippen molar-refractivity contribution in [1.82, 2.24) is 0 Å². The highest BCUT2D eigenvalue weighted by Gasteiger charge is 2.37. The van der Waals surface area contributed by atoms with Gasteiger partial charge in [0.2, 0.25) is 0 Å². The molecule has 0 spiro atoms. The second-order valence-corrected chi connectivity index (χ2v) is 7.97. The number of para-hydroxylation sites is 1. The highest BCUT2D eigenvalue weighted by atomic mass is 35.5. The molecule has 0 unspecified atom stereocenters. The number of halogens is 1. The van der Waals surface area contributed by atoms with Gasteiger partial charge in [-0.3, -0.25) is 9.59 Å². The molecule has 1 aliphatic heterocycles. The molecule has 1 fully saturated rings. The summed E-state index contributed by atoms with van der Waals surface area (Å²) in [4.78, 5) is 26.8. The van der Waals surface area contributed by atoms with E-state index in [9.17, 15) is 9.59 Å². The van der Waals surface area contributed by atoms with E-state index in [1.807, 2.05) is 19.1 Å². The number of imide groups is 1. The van der Waals surface area contributed by atoms with E-state index in [1.165, 1.54) is 0 Å². The molecule has 0 bridgehead atoms. The number of carbonyl (C=O) groups is 2. The molecule has 4 nitrogen and oxygen atoms in total. The molecule has 3 rings (SSSR count). The van der Waals surface area contributed by atoms with Gasteiger partial charge < -0.3 is 4.74 Å². The van der Waals surface area contributed by atoms with Gasteiger partial charge in [0.1, 0.15) is 5.75 Å². The first-order chi connectivity index (χ1) is 12.8. The molecule has 140 valence electrons. The van der Waals surface area contributed by atoms with Crippen molar-refractivity contribution in [2.24, 2.45) is 0 Å². The monoisotopic (exact) mass is 401 g/mol. The third-order valence-electron chi connectivity index (χ3n) is 4.41. The number of benzene rings is 2. The maximum absolute atomic E-state index is 12.9. The average Bonchev–Trinajstić information content (AvgIpc) is 2.90. The van der Waals surface area contributed by atoms with Crippen molar-refractivity contribution in [3.8, 4) is 5.75 Å². The van der Waals surface area contributed by atoms with Crippen LogP contribution in [0.2, 0.25) is 5.02 Å². The van der Waals surface area contributed by atoms with E-state index in [0.29, 0.717) is 15.6 Å². The lowest BCUT2D eigenvalue weighted by atomic mass is 9.96. The predicted molar refractivity (Wildman–Crippen MR) is 112 cm³/mol. The predicted octanol–water partition coefficient (Wildman–Crippen LogP) is 6.02. The zero-order valence-corrected chi connectivity index (χ0v) is 17.1. The fraction of sp³-hybridized carbons (Fsp3) is 0.238. The topological polar surface area (TPSA) is 46.6 Å². The van der Waals surface area contributed by atoms with Crippen molar-refractivity contribution < 1.29 is 14.3 Å². The first-order valence-corrected chi connectivity index (χ1v) is 9.74. The van der Waals surface area contributed by atoms with Crippen LogP contribution >= 0.6 is 23.4 Å². The Balaban J connectivity index is 2.02. The first kappa shape index (κ1) is 19.5. The number of ether oxygens (including phenoxy) is 1. The minimum atomic E-state index is -0.362. The molecule has 0 N–H and O–H groups in total. The van der Waals surface area contributed by atoms with Gasteiger partial charge in [-0.2, -0.15) is 0 Å². The van der Waals surface area contributed by atoms with Crippen molar-refractivity contribution in [2.45, 2.75) is 26.7 Å². The lowest BCUT2D eigenvalue weighted by Gasteiger charge is -2.15. The molecule has 27 heavy (non-hydrogen) atoms. The standard InChI is InChI=1S/C21H20ClNO3S/c1-12(2)15-10-14(13(3)9-18(15)26-4)11-19-20(24)23(21(25)27-19)17-8-6-5-7-16(17)22/h5-12H,1-4H3/b19-11-. The molecular formula is C21H20ClNO3S. The van der Waals surface area contributed by atoms with E-state index in [0.717, 1.165) is 39.1 Å². The largest absolute Gasteiger partial charge is 0.496 e. The summed E-state index contributed by atoms with van der Waals surface area (Å²) in [6, 6.07) is 10.8.